The molecule has 1 heterocycles. The zero-order chi connectivity index (χ0) is 14.0. The van der Waals surface area contributed by atoms with E-state index >= 15 is 0 Å². The molecular weight excluding hydrogens is 279 g/mol. The minimum Gasteiger partial charge on any atom is -0.406 e. The zero-order valence-corrected chi connectivity index (χ0v) is 10.7. The van der Waals surface area contributed by atoms with Gasteiger partial charge in [-0.1, -0.05) is 12.1 Å². The molecule has 3 nitrogen and oxygen atoms in total. The summed E-state index contributed by atoms with van der Waals surface area (Å²) < 4.78 is 39.7. The molecule has 0 radical (unpaired) electrons. The van der Waals surface area contributed by atoms with Gasteiger partial charge in [-0.05, 0) is 17.7 Å². The maximum atomic E-state index is 12.0. The van der Waals surface area contributed by atoms with Crippen molar-refractivity contribution >= 4 is 18.5 Å². The van der Waals surface area contributed by atoms with Crippen molar-refractivity contribution in [1.82, 2.24) is 4.90 Å². The van der Waals surface area contributed by atoms with Crippen LogP contribution in [0.5, 0.6) is 5.75 Å². The Labute approximate surface area is 113 Å². The highest BCUT2D eigenvalue weighted by atomic mass is 32.1. The van der Waals surface area contributed by atoms with E-state index < -0.39 is 6.36 Å². The largest absolute Gasteiger partial charge is 0.573 e. The van der Waals surface area contributed by atoms with Crippen LogP contribution >= 0.6 is 12.6 Å². The first-order valence-electron chi connectivity index (χ1n) is 5.64. The zero-order valence-electron chi connectivity index (χ0n) is 9.85. The fraction of sp³-hybridized carbons (Fsp3) is 0.417. The van der Waals surface area contributed by atoms with Crippen LogP contribution in [0.3, 0.4) is 0 Å². The molecule has 1 fully saturated rings. The summed E-state index contributed by atoms with van der Waals surface area (Å²) in [5.74, 6) is -0.258. The number of amides is 1. The third-order valence-electron chi connectivity index (χ3n) is 2.72. The minimum atomic E-state index is -4.69. The standard InChI is InChI=1S/C12H12F3NO2S/c13-12(14,15)18-9-3-1-8(2-4-9)6-16-7-10(19)5-11(16)17/h1-4,10,19H,5-7H2. The monoisotopic (exact) mass is 291 g/mol. The summed E-state index contributed by atoms with van der Waals surface area (Å²) in [6.07, 6.45) is -4.29. The molecule has 0 aromatic heterocycles. The van der Waals surface area contributed by atoms with Gasteiger partial charge in [0.05, 0.1) is 0 Å². The van der Waals surface area contributed by atoms with Gasteiger partial charge >= 0.3 is 6.36 Å². The van der Waals surface area contributed by atoms with E-state index in [1.807, 2.05) is 0 Å². The molecule has 0 aliphatic carbocycles. The first-order valence-corrected chi connectivity index (χ1v) is 6.15. The Kier molecular flexibility index (Phi) is 3.93. The SMILES string of the molecule is O=C1CC(S)CN1Cc1ccc(OC(F)(F)F)cc1. The van der Waals surface area contributed by atoms with Gasteiger partial charge < -0.3 is 9.64 Å². The van der Waals surface area contributed by atoms with Crippen LogP contribution < -0.4 is 4.74 Å². The molecule has 1 atom stereocenters. The highest BCUT2D eigenvalue weighted by molar-refractivity contribution is 7.81. The summed E-state index contributed by atoms with van der Waals surface area (Å²) in [4.78, 5) is 13.2. The molecular formula is C12H12F3NO2S. The van der Waals surface area contributed by atoms with E-state index in [4.69, 9.17) is 0 Å². The van der Waals surface area contributed by atoms with Gasteiger partial charge in [0.2, 0.25) is 5.91 Å². The van der Waals surface area contributed by atoms with Crippen LogP contribution in [-0.2, 0) is 11.3 Å². The molecule has 1 aliphatic heterocycles. The van der Waals surface area contributed by atoms with Crippen LogP contribution in [0.25, 0.3) is 0 Å². The van der Waals surface area contributed by atoms with Gasteiger partial charge in [0, 0.05) is 24.8 Å². The number of ether oxygens (including phenoxy) is 1. The van der Waals surface area contributed by atoms with E-state index in [9.17, 15) is 18.0 Å². The first kappa shape index (κ1) is 14.0. The van der Waals surface area contributed by atoms with Gasteiger partial charge in [-0.15, -0.1) is 13.2 Å². The number of benzene rings is 1. The molecule has 1 amide bonds. The van der Waals surface area contributed by atoms with Crippen LogP contribution in [0.2, 0.25) is 0 Å². The summed E-state index contributed by atoms with van der Waals surface area (Å²) in [7, 11) is 0. The highest BCUT2D eigenvalue weighted by Crippen LogP contribution is 2.24. The summed E-state index contributed by atoms with van der Waals surface area (Å²) in [6.45, 7) is 0.935. The number of hydrogen-bond donors (Lipinski definition) is 1. The van der Waals surface area contributed by atoms with E-state index in [1.165, 1.54) is 24.3 Å². The summed E-state index contributed by atoms with van der Waals surface area (Å²) in [5.41, 5.74) is 0.755. The second-order valence-corrected chi connectivity index (χ2v) is 5.05. The predicted molar refractivity (Wildman–Crippen MR) is 65.9 cm³/mol. The van der Waals surface area contributed by atoms with Crippen LogP contribution in [-0.4, -0.2) is 29.0 Å². The Bertz CT molecular complexity index is 461. The number of alkyl halides is 3. The Balaban J connectivity index is 1.97. The van der Waals surface area contributed by atoms with Crippen molar-refractivity contribution in [3.8, 4) is 5.75 Å². The molecule has 0 spiro atoms. The van der Waals surface area contributed by atoms with Crippen molar-refractivity contribution in [2.45, 2.75) is 24.6 Å². The van der Waals surface area contributed by atoms with Crippen molar-refractivity contribution in [1.29, 1.82) is 0 Å². The molecule has 1 aromatic carbocycles. The number of carbonyl (C=O) groups is 1. The Morgan fingerprint density at radius 1 is 1.32 bits per heavy atom. The maximum absolute atomic E-state index is 12.0. The number of nitrogens with zero attached hydrogens (tertiary/aromatic N) is 1. The number of thiol groups is 1. The van der Waals surface area contributed by atoms with Gasteiger partial charge in [0.1, 0.15) is 5.75 Å². The van der Waals surface area contributed by atoms with E-state index in [1.54, 1.807) is 4.90 Å². The molecule has 1 aromatic rings. The molecule has 2 rings (SSSR count). The second kappa shape index (κ2) is 5.32. The molecule has 104 valence electrons. The topological polar surface area (TPSA) is 29.5 Å². The Hall–Kier alpha value is -1.37. The normalized spacial score (nSPS) is 19.9. The molecule has 19 heavy (non-hydrogen) atoms. The van der Waals surface area contributed by atoms with Crippen molar-refractivity contribution in [3.63, 3.8) is 0 Å². The van der Waals surface area contributed by atoms with Crippen molar-refractivity contribution in [2.24, 2.45) is 0 Å². The number of rotatable bonds is 3. The lowest BCUT2D eigenvalue weighted by Crippen LogP contribution is -2.24. The first-order chi connectivity index (χ1) is 8.83. The lowest BCUT2D eigenvalue weighted by atomic mass is 10.2. The van der Waals surface area contributed by atoms with Gasteiger partial charge in [-0.3, -0.25) is 4.79 Å². The smallest absolute Gasteiger partial charge is 0.406 e. The lowest BCUT2D eigenvalue weighted by molar-refractivity contribution is -0.274. The van der Waals surface area contributed by atoms with Gasteiger partial charge in [0.15, 0.2) is 0 Å². The van der Waals surface area contributed by atoms with Crippen LogP contribution in [0.4, 0.5) is 13.2 Å². The Morgan fingerprint density at radius 2 is 1.95 bits per heavy atom. The third kappa shape index (κ3) is 4.05. The molecule has 1 aliphatic rings. The number of halogens is 3. The van der Waals surface area contributed by atoms with Crippen molar-refractivity contribution in [2.75, 3.05) is 6.54 Å². The van der Waals surface area contributed by atoms with Crippen LogP contribution in [0.15, 0.2) is 24.3 Å². The third-order valence-corrected chi connectivity index (χ3v) is 3.07. The average molecular weight is 291 g/mol. The summed E-state index contributed by atoms with van der Waals surface area (Å²) in [5, 5.41) is 0.0281. The number of hydrogen-bond acceptors (Lipinski definition) is 3. The van der Waals surface area contributed by atoms with Gasteiger partial charge in [-0.25, -0.2) is 0 Å². The maximum Gasteiger partial charge on any atom is 0.573 e. The van der Waals surface area contributed by atoms with E-state index in [0.717, 1.165) is 5.56 Å². The van der Waals surface area contributed by atoms with Crippen LogP contribution in [0, 0.1) is 0 Å². The summed E-state index contributed by atoms with van der Waals surface area (Å²) in [6, 6.07) is 5.50. The van der Waals surface area contributed by atoms with E-state index in [2.05, 4.69) is 17.4 Å². The molecule has 0 saturated carbocycles. The van der Waals surface area contributed by atoms with Gasteiger partial charge in [-0.2, -0.15) is 12.6 Å². The lowest BCUT2D eigenvalue weighted by Gasteiger charge is -2.16. The average Bonchev–Trinajstić information content (AvgIpc) is 2.58. The molecule has 0 bridgehead atoms. The molecule has 1 saturated heterocycles. The highest BCUT2D eigenvalue weighted by Gasteiger charge is 2.31. The predicted octanol–water partition coefficient (Wildman–Crippen LogP) is 2.62. The van der Waals surface area contributed by atoms with E-state index in [0.29, 0.717) is 19.5 Å². The van der Waals surface area contributed by atoms with Gasteiger partial charge in [0.25, 0.3) is 0 Å². The van der Waals surface area contributed by atoms with Crippen molar-refractivity contribution < 1.29 is 22.7 Å². The van der Waals surface area contributed by atoms with Crippen LogP contribution in [0.1, 0.15) is 12.0 Å². The fourth-order valence-corrected chi connectivity index (χ4v) is 2.27. The fourth-order valence-electron chi connectivity index (χ4n) is 1.92. The second-order valence-electron chi connectivity index (χ2n) is 4.32. The minimum absolute atomic E-state index is 0.00983. The molecule has 7 heteroatoms. The molecule has 1 unspecified atom stereocenters. The molecule has 0 N–H and O–H groups in total. The number of likely N-dealkylation sites (tertiary alicyclic amines) is 1. The van der Waals surface area contributed by atoms with E-state index in [-0.39, 0.29) is 16.9 Å². The summed E-state index contributed by atoms with van der Waals surface area (Å²) >= 11 is 4.23. The quantitative estimate of drug-likeness (QED) is 0.868. The number of carbonyl (C=O) groups excluding carboxylic acids is 1. The Morgan fingerprint density at radius 3 is 2.42 bits per heavy atom. The van der Waals surface area contributed by atoms with Crippen molar-refractivity contribution in [3.05, 3.63) is 29.8 Å².